The van der Waals surface area contributed by atoms with E-state index >= 15 is 0 Å². The third kappa shape index (κ3) is 6.23. The Bertz CT molecular complexity index is 386. The van der Waals surface area contributed by atoms with Crippen LogP contribution in [0.1, 0.15) is 46.5 Å². The number of amides is 1. The molecule has 0 heterocycles. The third-order valence-electron chi connectivity index (χ3n) is 3.52. The van der Waals surface area contributed by atoms with Gasteiger partial charge in [0.25, 0.3) is 0 Å². The van der Waals surface area contributed by atoms with Crippen molar-refractivity contribution in [2.24, 2.45) is 17.5 Å². The van der Waals surface area contributed by atoms with Crippen molar-refractivity contribution in [1.29, 1.82) is 0 Å². The molecule has 0 radical (unpaired) electrons. The van der Waals surface area contributed by atoms with E-state index < -0.39 is 23.6 Å². The molecule has 0 aliphatic heterocycles. The quantitative estimate of drug-likeness (QED) is 0.367. The maximum Gasteiger partial charge on any atom is 0.394 e. The van der Waals surface area contributed by atoms with Crippen molar-refractivity contribution in [3.63, 3.8) is 0 Å². The predicted octanol–water partition coefficient (Wildman–Crippen LogP) is 2.80. The molecule has 8 heteroatoms. The minimum Gasteiger partial charge on any atom is -0.413 e. The Morgan fingerprint density at radius 2 is 1.95 bits per heavy atom. The van der Waals surface area contributed by atoms with Crippen LogP contribution in [-0.4, -0.2) is 24.3 Å². The molecule has 0 aliphatic carbocycles. The summed E-state index contributed by atoms with van der Waals surface area (Å²) < 4.78 is 44.8. The van der Waals surface area contributed by atoms with Crippen molar-refractivity contribution in [1.82, 2.24) is 0 Å². The van der Waals surface area contributed by atoms with Crippen molar-refractivity contribution in [3.05, 3.63) is 11.8 Å². The Hall–Kier alpha value is -1.28. The van der Waals surface area contributed by atoms with E-state index in [9.17, 15) is 18.0 Å². The van der Waals surface area contributed by atoms with E-state index in [1.54, 1.807) is 0 Å². The lowest BCUT2D eigenvalue weighted by Crippen LogP contribution is -2.47. The summed E-state index contributed by atoms with van der Waals surface area (Å²) in [6.45, 7) is 4.10. The van der Waals surface area contributed by atoms with Gasteiger partial charge >= 0.3 is 6.18 Å². The van der Waals surface area contributed by atoms with Crippen LogP contribution in [0.2, 0.25) is 0 Å². The lowest BCUT2D eigenvalue weighted by molar-refractivity contribution is -0.228. The summed E-state index contributed by atoms with van der Waals surface area (Å²) in [4.78, 5) is 15.3. The number of unbranched alkanes of at least 4 members (excludes halogenated alkanes) is 1. The molecule has 0 aliphatic rings. The highest BCUT2D eigenvalue weighted by atomic mass is 19.4. The molecule has 0 aromatic carbocycles. The fourth-order valence-corrected chi connectivity index (χ4v) is 1.90. The summed E-state index contributed by atoms with van der Waals surface area (Å²) in [6.07, 6.45) is -1.49. The van der Waals surface area contributed by atoms with Crippen LogP contribution in [0.15, 0.2) is 11.8 Å². The van der Waals surface area contributed by atoms with Crippen molar-refractivity contribution in [3.8, 4) is 0 Å². The number of rotatable bonds is 10. The van der Waals surface area contributed by atoms with Gasteiger partial charge in [0.15, 0.2) is 5.76 Å². The van der Waals surface area contributed by atoms with Crippen molar-refractivity contribution >= 4 is 5.91 Å². The molecule has 0 aromatic heterocycles. The van der Waals surface area contributed by atoms with E-state index in [1.807, 2.05) is 6.92 Å². The third-order valence-corrected chi connectivity index (χ3v) is 3.52. The zero-order chi connectivity index (χ0) is 17.4. The zero-order valence-electron chi connectivity index (χ0n) is 13.2. The van der Waals surface area contributed by atoms with Crippen LogP contribution < -0.4 is 11.6 Å². The molecular weight excluding hydrogens is 301 g/mol. The van der Waals surface area contributed by atoms with Crippen molar-refractivity contribution < 1.29 is 27.5 Å². The van der Waals surface area contributed by atoms with Crippen molar-refractivity contribution in [2.45, 2.75) is 58.2 Å². The zero-order valence-corrected chi connectivity index (χ0v) is 13.2. The first-order valence-corrected chi connectivity index (χ1v) is 7.15. The molecule has 130 valence electrons. The molecule has 2 unspecified atom stereocenters. The molecule has 0 rings (SSSR count). The van der Waals surface area contributed by atoms with Crippen LogP contribution in [0.4, 0.5) is 13.2 Å². The van der Waals surface area contributed by atoms with Gasteiger partial charge < -0.3 is 15.3 Å². The van der Waals surface area contributed by atoms with Crippen LogP contribution in [-0.2, 0) is 14.4 Å². The number of carbonyl (C=O) groups is 1. The number of alkyl halides is 3. The minimum absolute atomic E-state index is 0.0357. The maximum absolute atomic E-state index is 13.1. The van der Waals surface area contributed by atoms with Crippen LogP contribution in [0.5, 0.6) is 0 Å². The molecule has 4 N–H and O–H groups in total. The second-order valence-electron chi connectivity index (χ2n) is 5.26. The summed E-state index contributed by atoms with van der Waals surface area (Å²) in [5.74, 6) is 2.70. The van der Waals surface area contributed by atoms with Gasteiger partial charge in [-0.1, -0.05) is 20.3 Å². The van der Waals surface area contributed by atoms with Gasteiger partial charge in [0, 0.05) is 13.0 Å². The molecule has 22 heavy (non-hydrogen) atoms. The lowest BCUT2D eigenvalue weighted by atomic mass is 9.87. The molecule has 0 saturated carbocycles. The van der Waals surface area contributed by atoms with Crippen LogP contribution in [0.25, 0.3) is 0 Å². The first-order chi connectivity index (χ1) is 10.1. The number of nitrogens with two attached hydrogens (primary N) is 2. The molecule has 0 aromatic rings. The van der Waals surface area contributed by atoms with Gasteiger partial charge in [-0.3, -0.25) is 4.79 Å². The Morgan fingerprint density at radius 1 is 1.36 bits per heavy atom. The van der Waals surface area contributed by atoms with Gasteiger partial charge in [-0.05, 0) is 25.8 Å². The van der Waals surface area contributed by atoms with E-state index in [2.05, 4.69) is 4.84 Å². The molecule has 0 bridgehead atoms. The minimum atomic E-state index is -4.48. The topological polar surface area (TPSA) is 87.6 Å². The summed E-state index contributed by atoms with van der Waals surface area (Å²) >= 11 is 0. The van der Waals surface area contributed by atoms with Gasteiger partial charge in [-0.15, -0.1) is 0 Å². The van der Waals surface area contributed by atoms with Gasteiger partial charge in [0.2, 0.25) is 5.91 Å². The summed E-state index contributed by atoms with van der Waals surface area (Å²) in [5, 5.41) is 0. The largest absolute Gasteiger partial charge is 0.413 e. The summed E-state index contributed by atoms with van der Waals surface area (Å²) in [5.41, 5.74) is 3.23. The average Bonchev–Trinajstić information content (AvgIpc) is 2.42. The van der Waals surface area contributed by atoms with Gasteiger partial charge in [-0.25, -0.2) is 0 Å². The fraction of sp³-hybridized carbons (Fsp3) is 0.786. The second-order valence-corrected chi connectivity index (χ2v) is 5.26. The Morgan fingerprint density at radius 3 is 2.36 bits per heavy atom. The monoisotopic (exact) mass is 326 g/mol. The van der Waals surface area contributed by atoms with E-state index in [0.29, 0.717) is 6.42 Å². The number of hydrogen-bond acceptors (Lipinski definition) is 4. The van der Waals surface area contributed by atoms with E-state index in [1.165, 1.54) is 13.0 Å². The van der Waals surface area contributed by atoms with E-state index in [-0.39, 0.29) is 25.2 Å². The van der Waals surface area contributed by atoms with Crippen LogP contribution in [0, 0.1) is 5.92 Å². The predicted molar refractivity (Wildman–Crippen MR) is 76.3 cm³/mol. The van der Waals surface area contributed by atoms with E-state index in [0.717, 1.165) is 13.3 Å². The highest BCUT2D eigenvalue weighted by Crippen LogP contribution is 2.41. The highest BCUT2D eigenvalue weighted by molar-refractivity contribution is 5.73. The van der Waals surface area contributed by atoms with E-state index in [4.69, 9.17) is 16.4 Å². The standard InChI is InChI=1S/C14H25F3N2O3/c1-4-5-7-11(22-19)13(3,10(2)14(15,16)17)21-9-6-8-12(18)20/h7,10H,4-6,8-9,19H2,1-3H3,(H2,18,20)/b11-7-. The fourth-order valence-electron chi connectivity index (χ4n) is 1.90. The number of halogens is 3. The summed E-state index contributed by atoms with van der Waals surface area (Å²) in [7, 11) is 0. The molecular formula is C14H25F3N2O3. The van der Waals surface area contributed by atoms with Gasteiger partial charge in [-0.2, -0.15) is 19.1 Å². The lowest BCUT2D eigenvalue weighted by Gasteiger charge is -2.37. The molecule has 0 spiro atoms. The highest BCUT2D eigenvalue weighted by Gasteiger charge is 2.52. The van der Waals surface area contributed by atoms with Gasteiger partial charge in [0.1, 0.15) is 5.60 Å². The Balaban J connectivity index is 5.23. The number of ether oxygens (including phenoxy) is 1. The van der Waals surface area contributed by atoms with Crippen LogP contribution >= 0.6 is 0 Å². The summed E-state index contributed by atoms with van der Waals surface area (Å²) in [6, 6.07) is 0. The number of hydrogen-bond donors (Lipinski definition) is 2. The normalized spacial score (nSPS) is 17.0. The molecule has 0 saturated heterocycles. The SMILES string of the molecule is CCC/C=C(\ON)C(C)(OCCCC(N)=O)C(C)C(F)(F)F. The molecule has 2 atom stereocenters. The van der Waals surface area contributed by atoms with Crippen LogP contribution in [0.3, 0.4) is 0 Å². The molecule has 1 amide bonds. The number of carbonyl (C=O) groups excluding carboxylic acids is 1. The Kier molecular flexibility index (Phi) is 8.47. The molecule has 0 fully saturated rings. The Labute approximate surface area is 128 Å². The second kappa shape index (κ2) is 8.99. The number of primary amides is 1. The average molecular weight is 326 g/mol. The van der Waals surface area contributed by atoms with Gasteiger partial charge in [0.05, 0.1) is 5.92 Å². The first-order valence-electron chi connectivity index (χ1n) is 7.15. The molecule has 5 nitrogen and oxygen atoms in total. The smallest absolute Gasteiger partial charge is 0.394 e. The first kappa shape index (κ1) is 20.7. The maximum atomic E-state index is 13.1. The van der Waals surface area contributed by atoms with Crippen molar-refractivity contribution in [2.75, 3.05) is 6.61 Å². The number of allylic oxidation sites excluding steroid dienone is 1.